The average Bonchev–Trinajstić information content (AvgIpc) is 3.54. The number of benzene rings is 2. The Labute approximate surface area is 207 Å². The van der Waals surface area contributed by atoms with Crippen molar-refractivity contribution in [2.24, 2.45) is 0 Å². The predicted molar refractivity (Wildman–Crippen MR) is 136 cm³/mol. The first-order chi connectivity index (χ1) is 17.6. The number of nitrogens with zero attached hydrogens (tertiary/aromatic N) is 5. The van der Waals surface area contributed by atoms with Crippen LogP contribution in [0.4, 0.5) is 10.2 Å². The maximum atomic E-state index is 14.1. The average molecular weight is 485 g/mol. The fourth-order valence-electron chi connectivity index (χ4n) is 4.87. The zero-order valence-electron chi connectivity index (χ0n) is 19.5. The number of hydrogen-bond donors (Lipinski definition) is 1. The summed E-state index contributed by atoms with van der Waals surface area (Å²) in [7, 11) is 1.58. The van der Waals surface area contributed by atoms with Crippen LogP contribution in [0.2, 0.25) is 0 Å². The molecule has 2 aromatic carbocycles. The molecule has 5 aromatic rings. The zero-order chi connectivity index (χ0) is 24.6. The molecular formula is C27H25FN6O2. The van der Waals surface area contributed by atoms with Crippen molar-refractivity contribution in [1.82, 2.24) is 24.9 Å². The molecule has 1 unspecified atom stereocenters. The van der Waals surface area contributed by atoms with Crippen LogP contribution in [0.25, 0.3) is 16.6 Å². The van der Waals surface area contributed by atoms with Gasteiger partial charge in [-0.15, -0.1) is 5.10 Å². The van der Waals surface area contributed by atoms with Crippen molar-refractivity contribution in [2.75, 3.05) is 18.6 Å². The van der Waals surface area contributed by atoms with Gasteiger partial charge in [-0.3, -0.25) is 4.79 Å². The van der Waals surface area contributed by atoms with Crippen LogP contribution in [-0.4, -0.2) is 45.2 Å². The topological polar surface area (TPSA) is 84.7 Å². The van der Waals surface area contributed by atoms with E-state index in [1.165, 1.54) is 12.1 Å². The van der Waals surface area contributed by atoms with Gasteiger partial charge in [0, 0.05) is 37.9 Å². The van der Waals surface area contributed by atoms with Crippen LogP contribution < -0.4 is 15.0 Å². The second kappa shape index (κ2) is 8.92. The van der Waals surface area contributed by atoms with E-state index in [0.717, 1.165) is 22.4 Å². The number of imidazole rings is 1. The molecule has 0 bridgehead atoms. The number of methoxy groups -OCH3 is 1. The van der Waals surface area contributed by atoms with Gasteiger partial charge in [-0.05, 0) is 48.4 Å². The third kappa shape index (κ3) is 3.98. The Bertz CT molecular complexity index is 1590. The number of nitrogens with one attached hydrogen (secondary N) is 1. The minimum Gasteiger partial charge on any atom is -0.496 e. The quantitative estimate of drug-likeness (QED) is 0.398. The van der Waals surface area contributed by atoms with Crippen molar-refractivity contribution in [2.45, 2.75) is 18.5 Å². The van der Waals surface area contributed by atoms with Crippen molar-refractivity contribution in [3.63, 3.8) is 0 Å². The van der Waals surface area contributed by atoms with Gasteiger partial charge in [0.1, 0.15) is 23.1 Å². The summed E-state index contributed by atoms with van der Waals surface area (Å²) < 4.78 is 21.3. The number of hydrogen-bond acceptors (Lipinski definition) is 6. The Morgan fingerprint density at radius 2 is 2.03 bits per heavy atom. The summed E-state index contributed by atoms with van der Waals surface area (Å²) in [5.41, 5.74) is 2.53. The van der Waals surface area contributed by atoms with Crippen molar-refractivity contribution < 1.29 is 15.3 Å². The molecule has 1 aliphatic heterocycles. The van der Waals surface area contributed by atoms with Crippen molar-refractivity contribution in [3.8, 4) is 5.75 Å². The van der Waals surface area contributed by atoms with Crippen LogP contribution in [-0.2, 0) is 0 Å². The Kier molecular flexibility index (Phi) is 5.44. The van der Waals surface area contributed by atoms with Crippen molar-refractivity contribution in [1.29, 1.82) is 0 Å². The molecule has 8 nitrogen and oxygen atoms in total. The molecule has 36 heavy (non-hydrogen) atoms. The molecule has 3 aromatic heterocycles. The normalized spacial score (nSPS) is 17.6. The van der Waals surface area contributed by atoms with Gasteiger partial charge < -0.3 is 15.0 Å². The lowest BCUT2D eigenvalue weighted by Crippen LogP contribution is -2.37. The first kappa shape index (κ1) is 22.0. The Hall–Kier alpha value is -4.53. The Morgan fingerprint density at radius 3 is 2.89 bits per heavy atom. The second-order valence-electron chi connectivity index (χ2n) is 8.78. The number of para-hydroxylation sites is 1. The summed E-state index contributed by atoms with van der Waals surface area (Å²) >= 11 is 0. The predicted octanol–water partition coefficient (Wildman–Crippen LogP) is 4.42. The van der Waals surface area contributed by atoms with E-state index in [1.807, 2.05) is 42.5 Å². The summed E-state index contributed by atoms with van der Waals surface area (Å²) in [5, 5.41) is 8.65. The highest BCUT2D eigenvalue weighted by Crippen LogP contribution is 2.36. The maximum Gasteiger partial charge on any atom is 0.270 e. The van der Waals surface area contributed by atoms with Crippen LogP contribution in [0.3, 0.4) is 0 Å². The van der Waals surface area contributed by atoms with Crippen LogP contribution >= 0.6 is 0 Å². The number of ether oxygens (including phenoxy) is 1. The molecule has 0 aliphatic carbocycles. The van der Waals surface area contributed by atoms with Gasteiger partial charge in [0.15, 0.2) is 5.65 Å². The van der Waals surface area contributed by atoms with Gasteiger partial charge in [-0.2, -0.15) is 0 Å². The van der Waals surface area contributed by atoms with E-state index in [-0.39, 0.29) is 30.9 Å². The summed E-state index contributed by atoms with van der Waals surface area (Å²) in [6.45, 7) is 0.505. The van der Waals surface area contributed by atoms with Crippen LogP contribution in [0.1, 0.15) is 29.9 Å². The molecule has 0 radical (unpaired) electrons. The maximum absolute atomic E-state index is 14.1. The van der Waals surface area contributed by atoms with Crippen LogP contribution in [0.15, 0.2) is 79.1 Å². The number of aromatic nitrogens is 4. The van der Waals surface area contributed by atoms with Crippen molar-refractivity contribution in [3.05, 3.63) is 96.2 Å². The molecular weight excluding hydrogens is 459 g/mol. The molecule has 1 fully saturated rings. The fraction of sp³-hybridized carbons (Fsp3) is 0.185. The minimum absolute atomic E-state index is 0. The van der Waals surface area contributed by atoms with E-state index in [1.54, 1.807) is 36.2 Å². The smallest absolute Gasteiger partial charge is 0.270 e. The number of carbonyl (C=O) groups is 1. The molecule has 2 atom stereocenters. The Morgan fingerprint density at radius 1 is 1.14 bits per heavy atom. The lowest BCUT2D eigenvalue weighted by molar-refractivity contribution is 0.0935. The first-order valence-electron chi connectivity index (χ1n) is 11.7. The van der Waals surface area contributed by atoms with E-state index in [0.29, 0.717) is 24.2 Å². The number of halogens is 1. The molecule has 9 heteroatoms. The molecule has 1 amide bonds. The number of rotatable bonds is 5. The lowest BCUT2D eigenvalue weighted by atomic mass is 10.0. The highest BCUT2D eigenvalue weighted by Gasteiger charge is 2.35. The van der Waals surface area contributed by atoms with Gasteiger partial charge >= 0.3 is 0 Å². The summed E-state index contributed by atoms with van der Waals surface area (Å²) in [6.07, 6.45) is 4.06. The summed E-state index contributed by atoms with van der Waals surface area (Å²) in [6, 6.07) is 19.2. The van der Waals surface area contributed by atoms with Crippen molar-refractivity contribution >= 4 is 28.3 Å². The van der Waals surface area contributed by atoms with Gasteiger partial charge in [-0.25, -0.2) is 18.9 Å². The molecule has 1 N–H and O–H groups in total. The number of anilines is 1. The van der Waals surface area contributed by atoms with Gasteiger partial charge in [0.2, 0.25) is 0 Å². The Balaban J connectivity index is 0.00000280. The largest absolute Gasteiger partial charge is 0.496 e. The van der Waals surface area contributed by atoms with Crippen LogP contribution in [0, 0.1) is 5.82 Å². The lowest BCUT2D eigenvalue weighted by Gasteiger charge is -2.25. The number of carbonyl (C=O) groups excluding carboxylic acids is 1. The first-order valence-corrected chi connectivity index (χ1v) is 11.7. The number of fused-ring (bicyclic) bond motifs is 2. The van der Waals surface area contributed by atoms with E-state index in [9.17, 15) is 9.18 Å². The summed E-state index contributed by atoms with van der Waals surface area (Å²) in [4.78, 5) is 24.1. The van der Waals surface area contributed by atoms with E-state index >= 15 is 0 Å². The third-order valence-corrected chi connectivity index (χ3v) is 6.54. The monoisotopic (exact) mass is 484 g/mol. The molecule has 1 saturated heterocycles. The molecule has 0 saturated carbocycles. The number of pyridine rings is 1. The molecule has 1 aliphatic rings. The number of amides is 1. The van der Waals surface area contributed by atoms with Crippen LogP contribution in [0.5, 0.6) is 5.75 Å². The molecule has 6 rings (SSSR count). The van der Waals surface area contributed by atoms with E-state index < -0.39 is 0 Å². The van der Waals surface area contributed by atoms with Gasteiger partial charge in [-0.1, -0.05) is 24.3 Å². The second-order valence-corrected chi connectivity index (χ2v) is 8.78. The van der Waals surface area contributed by atoms with E-state index in [2.05, 4.69) is 25.3 Å². The molecule has 4 heterocycles. The molecule has 0 spiro atoms. The summed E-state index contributed by atoms with van der Waals surface area (Å²) in [5.74, 6) is 0.721. The third-order valence-electron chi connectivity index (χ3n) is 6.54. The SMILES string of the molecule is COc1cc(C(=O)NC2C[C@H](c3cccc(F)c3)N(c3ccc4nccn4n3)C2)nc2ccccc12.[HH]. The zero-order valence-corrected chi connectivity index (χ0v) is 19.5. The standard InChI is InChI=1S/C27H23FN6O2.H2/c1-36-24-15-22(31-21-8-3-2-7-20(21)24)27(35)30-19-14-23(17-5-4-6-18(28)13-17)33(16-19)26-10-9-25-29-11-12-34(25)32-26;/h2-13,15,19,23H,14,16H2,1H3,(H,30,35);1H/t19?,23-;/m1./s1. The highest BCUT2D eigenvalue weighted by molar-refractivity contribution is 5.97. The minimum atomic E-state index is -0.301. The van der Waals surface area contributed by atoms with Gasteiger partial charge in [0.25, 0.3) is 5.91 Å². The van der Waals surface area contributed by atoms with E-state index in [4.69, 9.17) is 4.74 Å². The molecule has 182 valence electrons. The fourth-order valence-corrected chi connectivity index (χ4v) is 4.87. The van der Waals surface area contributed by atoms with Gasteiger partial charge in [0.05, 0.1) is 18.7 Å². The highest BCUT2D eigenvalue weighted by atomic mass is 19.1.